The molecule has 72 valence electrons. The van der Waals surface area contributed by atoms with Crippen molar-refractivity contribution in [2.75, 3.05) is 13.2 Å². The first kappa shape index (κ1) is 18.7. The number of ether oxygens (including phenoxy) is 1. The second-order valence-corrected chi connectivity index (χ2v) is 2.34. The Morgan fingerprint density at radius 2 is 1.38 bits per heavy atom. The van der Waals surface area contributed by atoms with E-state index in [-0.39, 0.29) is 19.5 Å². The molecule has 0 fully saturated rings. The zero-order valence-electron chi connectivity index (χ0n) is 7.14. The molecule has 7 heteroatoms. The van der Waals surface area contributed by atoms with Crippen molar-refractivity contribution in [3.63, 3.8) is 0 Å². The minimum absolute atomic E-state index is 0. The molecule has 0 N–H and O–H groups in total. The third kappa shape index (κ3) is 76.1. The van der Waals surface area contributed by atoms with Crippen molar-refractivity contribution < 1.29 is 41.7 Å². The van der Waals surface area contributed by atoms with Crippen molar-refractivity contribution in [1.82, 2.24) is 0 Å². The summed E-state index contributed by atoms with van der Waals surface area (Å²) in [6.07, 6.45) is 3.42. The summed E-state index contributed by atoms with van der Waals surface area (Å²) in [6.45, 7) is 8.18. The normalized spacial score (nSPS) is 8.77. The van der Waals surface area contributed by atoms with Gasteiger partial charge in [0, 0.05) is 10.4 Å². The van der Waals surface area contributed by atoms with Gasteiger partial charge in [-0.1, -0.05) is 12.2 Å². The van der Waals surface area contributed by atoms with E-state index in [1.165, 1.54) is 0 Å². The van der Waals surface area contributed by atoms with Gasteiger partial charge in [-0.25, -0.2) is 0 Å². The molecule has 0 atom stereocenters. The van der Waals surface area contributed by atoms with Crippen LogP contribution < -0.4 is 0 Å². The monoisotopic (exact) mass is 258 g/mol. The van der Waals surface area contributed by atoms with E-state index in [9.17, 15) is 0 Å². The van der Waals surface area contributed by atoms with Crippen LogP contribution in [0.2, 0.25) is 0 Å². The van der Waals surface area contributed by atoms with Gasteiger partial charge in [0.2, 0.25) is 0 Å². The first-order valence-electron chi connectivity index (χ1n) is 2.88. The maximum absolute atomic E-state index is 8.52. The van der Waals surface area contributed by atoms with Gasteiger partial charge >= 0.3 is 19.5 Å². The Bertz CT molecular complexity index is 195. The van der Waals surface area contributed by atoms with Crippen LogP contribution in [-0.2, 0) is 34.6 Å². The van der Waals surface area contributed by atoms with Crippen molar-refractivity contribution in [2.24, 2.45) is 0 Å². The molecule has 5 nitrogen and oxygen atoms in total. The second kappa shape index (κ2) is 11.9. The quantitative estimate of drug-likeness (QED) is 0.234. The topological polar surface area (TPSA) is 89.5 Å². The van der Waals surface area contributed by atoms with Gasteiger partial charge < -0.3 is 13.8 Å². The zero-order chi connectivity index (χ0) is 10.0. The molecular weight excluding hydrogens is 250 g/mol. The van der Waals surface area contributed by atoms with E-state index in [2.05, 4.69) is 13.2 Å². The second-order valence-electron chi connectivity index (χ2n) is 1.52. The summed E-state index contributed by atoms with van der Waals surface area (Å²) in [5.74, 6) is 0. The van der Waals surface area contributed by atoms with Gasteiger partial charge in [0.1, 0.15) is 0 Å². The maximum Gasteiger partial charge on any atom is 2.00 e. The molecule has 0 radical (unpaired) electrons. The molecule has 13 heavy (non-hydrogen) atoms. The third-order valence-electron chi connectivity index (χ3n) is 0.471. The van der Waals surface area contributed by atoms with Gasteiger partial charge in [0.15, 0.2) is 0 Å². The molecule has 0 rings (SSSR count). The fourth-order valence-corrected chi connectivity index (χ4v) is 0.235. The average Bonchev–Trinajstić information content (AvgIpc) is 1.85. The first-order valence-corrected chi connectivity index (χ1v) is 4.21. The van der Waals surface area contributed by atoms with E-state index >= 15 is 0 Å². The van der Waals surface area contributed by atoms with E-state index in [1.807, 2.05) is 0 Å². The van der Waals surface area contributed by atoms with Crippen molar-refractivity contribution in [3.05, 3.63) is 25.3 Å². The summed E-state index contributed by atoms with van der Waals surface area (Å²) >= 11 is 0. The Morgan fingerprint density at radius 3 is 1.54 bits per heavy atom. The van der Waals surface area contributed by atoms with E-state index in [0.29, 0.717) is 13.2 Å². The van der Waals surface area contributed by atoms with Gasteiger partial charge in [0.05, 0.1) is 13.2 Å². The summed E-state index contributed by atoms with van der Waals surface area (Å²) in [5, 5.41) is 0. The molecule has 0 aliphatic heterocycles. The molecule has 0 spiro atoms. The molecule has 0 heterocycles. The fraction of sp³-hybridized carbons (Fsp3) is 0.333. The van der Waals surface area contributed by atoms with Crippen LogP contribution in [0.4, 0.5) is 0 Å². The standard InChI is InChI=1S/C6H10O.H2O4S.Zn/c1-3-5-7-6-4-2;1-5(2,3)4;/h3-4H,1-2,5-6H2;(H2,1,2,3,4);/q;;+2/p-2. The number of hydrogen-bond donors (Lipinski definition) is 0. The van der Waals surface area contributed by atoms with Crippen LogP contribution in [0.15, 0.2) is 25.3 Å². The molecule has 0 aromatic heterocycles. The number of rotatable bonds is 4. The Balaban J connectivity index is -0.000000150. The van der Waals surface area contributed by atoms with Crippen LogP contribution >= 0.6 is 0 Å². The Labute approximate surface area is 90.8 Å². The predicted octanol–water partition coefficient (Wildman–Crippen LogP) is 0.0345. The van der Waals surface area contributed by atoms with E-state index < -0.39 is 10.4 Å². The Kier molecular flexibility index (Phi) is 17.1. The first-order chi connectivity index (χ1) is 5.41. The third-order valence-corrected chi connectivity index (χ3v) is 0.471. The SMILES string of the molecule is C=CCOCC=C.O=S(=O)([O-])[O-].[Zn+2]. The van der Waals surface area contributed by atoms with Gasteiger partial charge in [-0.2, -0.15) is 0 Å². The predicted molar refractivity (Wildman–Crippen MR) is 41.7 cm³/mol. The zero-order valence-corrected chi connectivity index (χ0v) is 10.9. The maximum atomic E-state index is 8.52. The summed E-state index contributed by atoms with van der Waals surface area (Å²) in [7, 11) is -5.17. The molecule has 0 aliphatic carbocycles. The molecule has 0 aromatic carbocycles. The minimum atomic E-state index is -5.17. The van der Waals surface area contributed by atoms with E-state index in [4.69, 9.17) is 22.3 Å². The average molecular weight is 260 g/mol. The molecule has 0 saturated carbocycles. The van der Waals surface area contributed by atoms with Crippen LogP contribution in [0, 0.1) is 0 Å². The van der Waals surface area contributed by atoms with E-state index in [1.54, 1.807) is 12.2 Å². The molecule has 0 aliphatic rings. The van der Waals surface area contributed by atoms with Crippen molar-refractivity contribution in [3.8, 4) is 0 Å². The summed E-state index contributed by atoms with van der Waals surface area (Å²) < 4.78 is 39.0. The van der Waals surface area contributed by atoms with Gasteiger partial charge in [-0.15, -0.1) is 13.2 Å². The van der Waals surface area contributed by atoms with Crippen molar-refractivity contribution >= 4 is 10.4 Å². The molecule has 0 saturated heterocycles. The Hall–Kier alpha value is -0.0666. The van der Waals surface area contributed by atoms with Gasteiger partial charge in [-0.3, -0.25) is 8.42 Å². The number of hydrogen-bond acceptors (Lipinski definition) is 5. The van der Waals surface area contributed by atoms with Crippen LogP contribution in [0.25, 0.3) is 0 Å². The smallest absolute Gasteiger partial charge is 0.759 e. The summed E-state index contributed by atoms with van der Waals surface area (Å²) in [5.41, 5.74) is 0. The molecule has 0 bridgehead atoms. The van der Waals surface area contributed by atoms with Crippen LogP contribution in [0.5, 0.6) is 0 Å². The molecule has 0 aromatic rings. The van der Waals surface area contributed by atoms with Gasteiger partial charge in [-0.05, 0) is 0 Å². The minimum Gasteiger partial charge on any atom is -0.759 e. The van der Waals surface area contributed by atoms with E-state index in [0.717, 1.165) is 0 Å². The van der Waals surface area contributed by atoms with Crippen molar-refractivity contribution in [1.29, 1.82) is 0 Å². The molecule has 0 amide bonds. The van der Waals surface area contributed by atoms with Crippen molar-refractivity contribution in [2.45, 2.75) is 0 Å². The van der Waals surface area contributed by atoms with Crippen LogP contribution in [0.3, 0.4) is 0 Å². The van der Waals surface area contributed by atoms with Crippen LogP contribution in [-0.4, -0.2) is 30.7 Å². The summed E-state index contributed by atoms with van der Waals surface area (Å²) in [4.78, 5) is 0. The van der Waals surface area contributed by atoms with Gasteiger partial charge in [0.25, 0.3) is 0 Å². The molecule has 0 unspecified atom stereocenters. The summed E-state index contributed by atoms with van der Waals surface area (Å²) in [6, 6.07) is 0. The largest absolute Gasteiger partial charge is 2.00 e. The molecular formula is C6H10O5SZn. The fourth-order valence-electron chi connectivity index (χ4n) is 0.235. The van der Waals surface area contributed by atoms with Crippen LogP contribution in [0.1, 0.15) is 0 Å². The Morgan fingerprint density at radius 1 is 1.15 bits per heavy atom.